The summed E-state index contributed by atoms with van der Waals surface area (Å²) < 4.78 is 27.8. The van der Waals surface area contributed by atoms with Crippen molar-refractivity contribution in [3.05, 3.63) is 68.9 Å². The molecule has 0 saturated carbocycles. The van der Waals surface area contributed by atoms with Gasteiger partial charge >= 0.3 is 5.69 Å². The van der Waals surface area contributed by atoms with Gasteiger partial charge in [-0.05, 0) is 43.7 Å². The van der Waals surface area contributed by atoms with Crippen LogP contribution in [0.5, 0.6) is 0 Å². The molecule has 8 nitrogen and oxygen atoms in total. The van der Waals surface area contributed by atoms with Gasteiger partial charge in [0, 0.05) is 25.3 Å². The highest BCUT2D eigenvalue weighted by molar-refractivity contribution is 7.89. The molecule has 3 rings (SSSR count). The number of nitrogens with one attached hydrogen (secondary N) is 3. The van der Waals surface area contributed by atoms with Gasteiger partial charge in [-0.2, -0.15) is 0 Å². The van der Waals surface area contributed by atoms with Gasteiger partial charge in [-0.1, -0.05) is 18.2 Å². The van der Waals surface area contributed by atoms with Gasteiger partial charge in [0.05, 0.1) is 15.8 Å². The fourth-order valence-corrected chi connectivity index (χ4v) is 4.12. The average molecular weight is 402 g/mol. The summed E-state index contributed by atoms with van der Waals surface area (Å²) in [4.78, 5) is 29.8. The SMILES string of the molecule is CCN(CCNS(=O)(=O)c1ccc2[nH]c(=O)[nH]c(=O)c2c1)c1ccccc1C. The number of fused-ring (bicyclic) bond motifs is 1. The van der Waals surface area contributed by atoms with Crippen molar-refractivity contribution in [1.29, 1.82) is 0 Å². The number of rotatable bonds is 7. The monoisotopic (exact) mass is 402 g/mol. The molecule has 0 fully saturated rings. The smallest absolute Gasteiger partial charge is 0.326 e. The lowest BCUT2D eigenvalue weighted by atomic mass is 10.2. The van der Waals surface area contributed by atoms with Crippen LogP contribution in [0.3, 0.4) is 0 Å². The summed E-state index contributed by atoms with van der Waals surface area (Å²) in [5.41, 5.74) is 1.19. The van der Waals surface area contributed by atoms with Crippen molar-refractivity contribution in [3.63, 3.8) is 0 Å². The first kappa shape index (κ1) is 19.8. The van der Waals surface area contributed by atoms with Crippen molar-refractivity contribution in [2.45, 2.75) is 18.7 Å². The third-order valence-electron chi connectivity index (χ3n) is 4.53. The van der Waals surface area contributed by atoms with Crippen molar-refractivity contribution >= 4 is 26.6 Å². The first-order valence-corrected chi connectivity index (χ1v) is 10.4. The van der Waals surface area contributed by atoms with Crippen LogP contribution in [0.2, 0.25) is 0 Å². The second kappa shape index (κ2) is 7.99. The first-order valence-electron chi connectivity index (χ1n) is 8.88. The summed E-state index contributed by atoms with van der Waals surface area (Å²) in [5, 5.41) is 0.109. The summed E-state index contributed by atoms with van der Waals surface area (Å²) in [7, 11) is -3.80. The molecule has 148 valence electrons. The van der Waals surface area contributed by atoms with E-state index in [9.17, 15) is 18.0 Å². The van der Waals surface area contributed by atoms with Crippen molar-refractivity contribution in [2.24, 2.45) is 0 Å². The third-order valence-corrected chi connectivity index (χ3v) is 5.99. The molecule has 0 unspecified atom stereocenters. The van der Waals surface area contributed by atoms with E-state index < -0.39 is 21.3 Å². The van der Waals surface area contributed by atoms with E-state index in [-0.39, 0.29) is 22.3 Å². The van der Waals surface area contributed by atoms with E-state index >= 15 is 0 Å². The predicted molar refractivity (Wildman–Crippen MR) is 109 cm³/mol. The average Bonchev–Trinajstić information content (AvgIpc) is 2.65. The Bertz CT molecular complexity index is 1210. The zero-order valence-corrected chi connectivity index (χ0v) is 16.5. The minimum atomic E-state index is -3.80. The lowest BCUT2D eigenvalue weighted by Gasteiger charge is -2.25. The molecule has 2 aromatic carbocycles. The summed E-state index contributed by atoms with van der Waals surface area (Å²) in [6.45, 7) is 5.48. The molecule has 9 heteroatoms. The first-order chi connectivity index (χ1) is 13.3. The Morgan fingerprint density at radius 2 is 1.82 bits per heavy atom. The molecular formula is C19H22N4O4S. The normalized spacial score (nSPS) is 11.6. The molecule has 0 atom stereocenters. The highest BCUT2D eigenvalue weighted by Gasteiger charge is 2.16. The van der Waals surface area contributed by atoms with Gasteiger partial charge in [-0.25, -0.2) is 17.9 Å². The Morgan fingerprint density at radius 1 is 1.07 bits per heavy atom. The number of H-pyrrole nitrogens is 2. The standard InChI is InChI=1S/C19H22N4O4S/c1-3-23(17-7-5-4-6-13(17)2)11-10-20-28(26,27)14-8-9-16-15(12-14)18(24)22-19(25)21-16/h4-9,12,20H,3,10-11H2,1-2H3,(H2,21,22,24,25). The molecule has 0 aliphatic rings. The number of para-hydroxylation sites is 1. The molecule has 0 amide bonds. The Labute approximate surface area is 162 Å². The number of anilines is 1. The molecule has 0 radical (unpaired) electrons. The topological polar surface area (TPSA) is 115 Å². The van der Waals surface area contributed by atoms with Gasteiger partial charge in [-0.15, -0.1) is 0 Å². The van der Waals surface area contributed by atoms with Gasteiger partial charge in [0.1, 0.15) is 0 Å². The zero-order chi connectivity index (χ0) is 20.3. The predicted octanol–water partition coefficient (Wildman–Crippen LogP) is 1.33. The van der Waals surface area contributed by atoms with Gasteiger partial charge in [0.2, 0.25) is 10.0 Å². The molecule has 0 saturated heterocycles. The van der Waals surface area contributed by atoms with Crippen LogP contribution in [0.4, 0.5) is 5.69 Å². The number of hydrogen-bond donors (Lipinski definition) is 3. The third kappa shape index (κ3) is 4.15. The Balaban J connectivity index is 1.77. The van der Waals surface area contributed by atoms with Crippen molar-refractivity contribution in [2.75, 3.05) is 24.5 Å². The lowest BCUT2D eigenvalue weighted by molar-refractivity contribution is 0.581. The fourth-order valence-electron chi connectivity index (χ4n) is 3.08. The van der Waals surface area contributed by atoms with E-state index in [0.717, 1.165) is 17.8 Å². The van der Waals surface area contributed by atoms with Crippen LogP contribution in [0.15, 0.2) is 56.9 Å². The van der Waals surface area contributed by atoms with Crippen LogP contribution in [-0.4, -0.2) is 38.0 Å². The van der Waals surface area contributed by atoms with Gasteiger partial charge < -0.3 is 9.88 Å². The van der Waals surface area contributed by atoms with E-state index in [4.69, 9.17) is 0 Å². The van der Waals surface area contributed by atoms with E-state index in [1.165, 1.54) is 18.2 Å². The van der Waals surface area contributed by atoms with Crippen LogP contribution in [-0.2, 0) is 10.0 Å². The number of aromatic amines is 2. The summed E-state index contributed by atoms with van der Waals surface area (Å²) >= 11 is 0. The summed E-state index contributed by atoms with van der Waals surface area (Å²) in [6, 6.07) is 12.0. The number of likely N-dealkylation sites (N-methyl/N-ethyl adjacent to an activating group) is 1. The quantitative estimate of drug-likeness (QED) is 0.551. The second-order valence-electron chi connectivity index (χ2n) is 6.38. The fraction of sp³-hybridized carbons (Fsp3) is 0.263. The van der Waals surface area contributed by atoms with E-state index in [1.54, 1.807) is 0 Å². The van der Waals surface area contributed by atoms with Crippen LogP contribution in [0, 0.1) is 6.92 Å². The summed E-state index contributed by atoms with van der Waals surface area (Å²) in [5.74, 6) is 0. The van der Waals surface area contributed by atoms with E-state index in [1.807, 2.05) is 38.1 Å². The number of sulfonamides is 1. The van der Waals surface area contributed by atoms with Gasteiger partial charge in [0.15, 0.2) is 0 Å². The molecule has 0 bridgehead atoms. The van der Waals surface area contributed by atoms with Crippen LogP contribution >= 0.6 is 0 Å². The molecule has 0 aliphatic heterocycles. The minimum Gasteiger partial charge on any atom is -0.370 e. The van der Waals surface area contributed by atoms with Crippen LogP contribution in [0.1, 0.15) is 12.5 Å². The number of hydrogen-bond acceptors (Lipinski definition) is 5. The Hall–Kier alpha value is -2.91. The molecule has 1 heterocycles. The summed E-state index contributed by atoms with van der Waals surface area (Å²) in [6.07, 6.45) is 0. The van der Waals surface area contributed by atoms with Crippen molar-refractivity contribution in [1.82, 2.24) is 14.7 Å². The highest BCUT2D eigenvalue weighted by atomic mass is 32.2. The number of nitrogens with zero attached hydrogens (tertiary/aromatic N) is 1. The molecule has 28 heavy (non-hydrogen) atoms. The largest absolute Gasteiger partial charge is 0.370 e. The zero-order valence-electron chi connectivity index (χ0n) is 15.7. The van der Waals surface area contributed by atoms with Gasteiger partial charge in [-0.3, -0.25) is 9.78 Å². The van der Waals surface area contributed by atoms with Gasteiger partial charge in [0.25, 0.3) is 5.56 Å². The van der Waals surface area contributed by atoms with E-state index in [0.29, 0.717) is 6.54 Å². The molecular weight excluding hydrogens is 380 g/mol. The molecule has 0 aliphatic carbocycles. The molecule has 0 spiro atoms. The van der Waals surface area contributed by atoms with Crippen molar-refractivity contribution < 1.29 is 8.42 Å². The van der Waals surface area contributed by atoms with E-state index in [2.05, 4.69) is 19.6 Å². The molecule has 3 N–H and O–H groups in total. The number of aryl methyl sites for hydroxylation is 1. The minimum absolute atomic E-state index is 0.0310. The Morgan fingerprint density at radius 3 is 2.54 bits per heavy atom. The van der Waals surface area contributed by atoms with Crippen molar-refractivity contribution in [3.8, 4) is 0 Å². The molecule has 3 aromatic rings. The van der Waals surface area contributed by atoms with Crippen LogP contribution < -0.4 is 20.9 Å². The number of aromatic nitrogens is 2. The maximum atomic E-state index is 12.6. The second-order valence-corrected chi connectivity index (χ2v) is 8.15. The van der Waals surface area contributed by atoms with Crippen LogP contribution in [0.25, 0.3) is 10.9 Å². The maximum absolute atomic E-state index is 12.6. The highest BCUT2D eigenvalue weighted by Crippen LogP contribution is 2.19. The lowest BCUT2D eigenvalue weighted by Crippen LogP contribution is -2.35. The maximum Gasteiger partial charge on any atom is 0.326 e. The molecule has 1 aromatic heterocycles. The Kier molecular flexibility index (Phi) is 5.66. The number of benzene rings is 2.